The fraction of sp³-hybridized carbons (Fsp3) is 0.154. The normalized spacial score (nSPS) is 17.8. The molecular formula is C26H23FN4OS. The van der Waals surface area contributed by atoms with E-state index in [1.807, 2.05) is 71.4 Å². The van der Waals surface area contributed by atoms with Crippen LogP contribution in [0.1, 0.15) is 29.0 Å². The summed E-state index contributed by atoms with van der Waals surface area (Å²) in [7, 11) is 1.65. The zero-order valence-corrected chi connectivity index (χ0v) is 18.9. The number of hydrogen-bond acceptors (Lipinski definition) is 3. The van der Waals surface area contributed by atoms with E-state index >= 15 is 0 Å². The maximum atomic E-state index is 14.7. The smallest absolute Gasteiger partial charge is 0.170 e. The molecule has 1 N–H and O–H groups in total. The largest absolute Gasteiger partial charge is 0.497 e. The van der Waals surface area contributed by atoms with Gasteiger partial charge < -0.3 is 19.5 Å². The number of halogens is 1. The summed E-state index contributed by atoms with van der Waals surface area (Å²) in [6.45, 7) is 0.590. The molecule has 0 aliphatic carbocycles. The number of para-hydroxylation sites is 1. The number of hydrogen-bond donors (Lipinski definition) is 1. The lowest BCUT2D eigenvalue weighted by Gasteiger charge is -2.29. The van der Waals surface area contributed by atoms with Crippen molar-refractivity contribution in [3.8, 4) is 11.4 Å². The molecule has 2 atom stereocenters. The van der Waals surface area contributed by atoms with Gasteiger partial charge in [-0.2, -0.15) is 0 Å². The van der Waals surface area contributed by atoms with Crippen LogP contribution in [-0.2, 0) is 6.54 Å². The van der Waals surface area contributed by atoms with Crippen LogP contribution >= 0.6 is 12.2 Å². The Hall–Kier alpha value is -3.71. The zero-order valence-electron chi connectivity index (χ0n) is 18.1. The van der Waals surface area contributed by atoms with E-state index in [0.29, 0.717) is 17.3 Å². The highest BCUT2D eigenvalue weighted by molar-refractivity contribution is 7.80. The van der Waals surface area contributed by atoms with Gasteiger partial charge in [0.15, 0.2) is 5.11 Å². The minimum atomic E-state index is -0.278. The van der Waals surface area contributed by atoms with Crippen LogP contribution < -0.4 is 10.1 Å². The van der Waals surface area contributed by atoms with Crippen molar-refractivity contribution < 1.29 is 9.13 Å². The number of nitrogens with zero attached hydrogens (tertiary/aromatic N) is 3. The average molecular weight is 459 g/mol. The van der Waals surface area contributed by atoms with E-state index in [0.717, 1.165) is 22.7 Å². The molecule has 7 heteroatoms. The summed E-state index contributed by atoms with van der Waals surface area (Å²) >= 11 is 5.78. The summed E-state index contributed by atoms with van der Waals surface area (Å²) in [5, 5.41) is 4.09. The second-order valence-corrected chi connectivity index (χ2v) is 8.24. The molecule has 0 saturated carbocycles. The lowest BCUT2D eigenvalue weighted by atomic mass is 10.0. The van der Waals surface area contributed by atoms with E-state index in [1.54, 1.807) is 25.4 Å². The Kier molecular flexibility index (Phi) is 5.79. The molecule has 0 spiro atoms. The second-order valence-electron chi connectivity index (χ2n) is 7.86. The highest BCUT2D eigenvalue weighted by Gasteiger charge is 2.41. The molecule has 1 aliphatic heterocycles. The van der Waals surface area contributed by atoms with E-state index in [-0.39, 0.29) is 17.9 Å². The van der Waals surface area contributed by atoms with Gasteiger partial charge >= 0.3 is 0 Å². The van der Waals surface area contributed by atoms with Crippen LogP contribution in [0.3, 0.4) is 0 Å². The first-order chi connectivity index (χ1) is 16.2. The number of nitrogens with one attached hydrogen (secondary N) is 1. The van der Waals surface area contributed by atoms with Gasteiger partial charge in [-0.05, 0) is 66.3 Å². The first-order valence-electron chi connectivity index (χ1n) is 10.7. The van der Waals surface area contributed by atoms with Crippen molar-refractivity contribution in [3.05, 3.63) is 114 Å². The van der Waals surface area contributed by atoms with E-state index in [4.69, 9.17) is 17.0 Å². The lowest BCUT2D eigenvalue weighted by molar-refractivity contribution is 0.302. The Morgan fingerprint density at radius 2 is 1.79 bits per heavy atom. The first-order valence-corrected chi connectivity index (χ1v) is 11.1. The van der Waals surface area contributed by atoms with Crippen molar-refractivity contribution in [3.63, 3.8) is 0 Å². The van der Waals surface area contributed by atoms with Crippen molar-refractivity contribution in [2.45, 2.75) is 18.6 Å². The maximum Gasteiger partial charge on any atom is 0.170 e. The summed E-state index contributed by atoms with van der Waals surface area (Å²) in [6, 6.07) is 24.2. The maximum absolute atomic E-state index is 14.7. The van der Waals surface area contributed by atoms with Crippen LogP contribution in [0.25, 0.3) is 5.69 Å². The topological polar surface area (TPSA) is 42.3 Å². The fourth-order valence-corrected chi connectivity index (χ4v) is 4.63. The predicted molar refractivity (Wildman–Crippen MR) is 130 cm³/mol. The number of benzene rings is 2. The number of thiocarbonyl (C=S) groups is 1. The molecule has 0 radical (unpaired) electrons. The summed E-state index contributed by atoms with van der Waals surface area (Å²) in [4.78, 5) is 6.73. The Labute approximate surface area is 197 Å². The lowest BCUT2D eigenvalue weighted by Crippen LogP contribution is -2.30. The number of methoxy groups -OCH3 is 1. The van der Waals surface area contributed by atoms with Crippen LogP contribution in [0.15, 0.2) is 91.3 Å². The van der Waals surface area contributed by atoms with Crippen LogP contribution in [-0.4, -0.2) is 26.7 Å². The molecule has 1 saturated heterocycles. The minimum Gasteiger partial charge on any atom is -0.497 e. The second kappa shape index (κ2) is 9.03. The standard InChI is InChI=1S/C26H23FN4OS/c1-32-19-13-11-18(12-14-19)17-31-25(24(29-26(31)33)21-8-4-5-15-28-21)23-10-6-16-30(23)22-9-3-2-7-20(22)27/h2-16,24-25H,17H2,1H3,(H,29,33)/t24-,25+/m1/s1. The Morgan fingerprint density at radius 3 is 2.52 bits per heavy atom. The summed E-state index contributed by atoms with van der Waals surface area (Å²) in [5.74, 6) is 0.525. The van der Waals surface area contributed by atoms with Crippen molar-refractivity contribution in [2.75, 3.05) is 7.11 Å². The van der Waals surface area contributed by atoms with Gasteiger partial charge in [0.25, 0.3) is 0 Å². The van der Waals surface area contributed by atoms with E-state index in [9.17, 15) is 4.39 Å². The number of pyridine rings is 1. The molecule has 0 amide bonds. The summed E-state index contributed by atoms with van der Waals surface area (Å²) in [6.07, 6.45) is 3.66. The highest BCUT2D eigenvalue weighted by Crippen LogP contribution is 2.40. The average Bonchev–Trinajstić information content (AvgIpc) is 3.45. The summed E-state index contributed by atoms with van der Waals surface area (Å²) in [5.41, 5.74) is 3.40. The quantitative estimate of drug-likeness (QED) is 0.403. The predicted octanol–water partition coefficient (Wildman–Crippen LogP) is 5.19. The number of rotatable bonds is 6. The minimum absolute atomic E-state index is 0.183. The van der Waals surface area contributed by atoms with Crippen molar-refractivity contribution in [1.82, 2.24) is 19.8 Å². The van der Waals surface area contributed by atoms with Crippen molar-refractivity contribution in [1.29, 1.82) is 0 Å². The van der Waals surface area contributed by atoms with Crippen LogP contribution in [0.4, 0.5) is 4.39 Å². The third-order valence-corrected chi connectivity index (χ3v) is 6.26. The van der Waals surface area contributed by atoms with Gasteiger partial charge in [-0.3, -0.25) is 4.98 Å². The SMILES string of the molecule is COc1ccc(CN2C(=S)N[C@H](c3ccccn3)[C@@H]2c2cccn2-c2ccccc2F)cc1. The van der Waals surface area contributed by atoms with E-state index < -0.39 is 0 Å². The molecule has 5 nitrogen and oxygen atoms in total. The number of ether oxygens (including phenoxy) is 1. The molecule has 1 fully saturated rings. The first kappa shape index (κ1) is 21.2. The van der Waals surface area contributed by atoms with Gasteiger partial charge in [-0.25, -0.2) is 4.39 Å². The van der Waals surface area contributed by atoms with Crippen LogP contribution in [0.2, 0.25) is 0 Å². The molecule has 33 heavy (non-hydrogen) atoms. The Morgan fingerprint density at radius 1 is 1.00 bits per heavy atom. The molecule has 5 rings (SSSR count). The van der Waals surface area contributed by atoms with Crippen molar-refractivity contribution >= 4 is 17.3 Å². The van der Waals surface area contributed by atoms with Gasteiger partial charge in [-0.1, -0.05) is 30.3 Å². The monoisotopic (exact) mass is 458 g/mol. The fourth-order valence-electron chi connectivity index (χ4n) is 4.33. The molecule has 1 aliphatic rings. The van der Waals surface area contributed by atoms with E-state index in [1.165, 1.54) is 6.07 Å². The van der Waals surface area contributed by atoms with Crippen LogP contribution in [0.5, 0.6) is 5.75 Å². The van der Waals surface area contributed by atoms with Gasteiger partial charge in [0.2, 0.25) is 0 Å². The third-order valence-electron chi connectivity index (χ3n) is 5.91. The number of aromatic nitrogens is 2. The van der Waals surface area contributed by atoms with E-state index in [2.05, 4.69) is 15.2 Å². The Bertz CT molecular complexity index is 1260. The molecule has 0 unspecified atom stereocenters. The molecular weight excluding hydrogens is 435 g/mol. The zero-order chi connectivity index (χ0) is 22.8. The molecule has 2 aromatic heterocycles. The molecule has 2 aromatic carbocycles. The van der Waals surface area contributed by atoms with Gasteiger partial charge in [-0.15, -0.1) is 0 Å². The molecule has 3 heterocycles. The molecule has 166 valence electrons. The molecule has 4 aromatic rings. The summed E-state index contributed by atoms with van der Waals surface area (Å²) < 4.78 is 21.9. The van der Waals surface area contributed by atoms with Gasteiger partial charge in [0.1, 0.15) is 11.6 Å². The highest BCUT2D eigenvalue weighted by atomic mass is 32.1. The molecule has 0 bridgehead atoms. The Balaban J connectivity index is 1.59. The van der Waals surface area contributed by atoms with Crippen LogP contribution in [0, 0.1) is 5.82 Å². The van der Waals surface area contributed by atoms with Gasteiger partial charge in [0.05, 0.1) is 30.6 Å². The third kappa shape index (κ3) is 4.07. The van der Waals surface area contributed by atoms with Crippen molar-refractivity contribution in [2.24, 2.45) is 0 Å². The van der Waals surface area contributed by atoms with Gasteiger partial charge in [0, 0.05) is 24.6 Å².